The smallest absolute Gasteiger partial charge is 0.205 e. The van der Waals surface area contributed by atoms with Gasteiger partial charge in [0.2, 0.25) is 11.6 Å². The fourth-order valence-electron chi connectivity index (χ4n) is 3.01. The monoisotopic (exact) mass is 337 g/mol. The van der Waals surface area contributed by atoms with Crippen LogP contribution in [-0.2, 0) is 6.54 Å². The minimum Gasteiger partial charge on any atom is -0.355 e. The molecule has 0 atom stereocenters. The number of hydrogen-bond acceptors (Lipinski definition) is 5. The first-order valence-corrected chi connectivity index (χ1v) is 7.95. The molecule has 7 heteroatoms. The molecule has 1 N–H and O–H groups in total. The summed E-state index contributed by atoms with van der Waals surface area (Å²) in [4.78, 5) is 28.5. The molecule has 0 unspecified atom stereocenters. The Morgan fingerprint density at radius 1 is 1.16 bits per heavy atom. The topological polar surface area (TPSA) is 93.5 Å². The Labute approximate surface area is 145 Å². The highest BCUT2D eigenvalue weighted by atomic mass is 16.1. The third-order valence-corrected chi connectivity index (χ3v) is 4.19. The van der Waals surface area contributed by atoms with Gasteiger partial charge in [-0.15, -0.1) is 10.2 Å². The number of Topliss-reactive ketones (excluding diaryl/α,β-unsaturated/α-hetero) is 2. The van der Waals surface area contributed by atoms with Crippen molar-refractivity contribution >= 4 is 11.6 Å². The molecular formula is C18H19N5O2. The SMILES string of the molecule is CC(=O)c1c(C)[nH]c(C(=O)Cn2nnc(-c3ccccc3C)n2)c1C. The maximum Gasteiger partial charge on any atom is 0.205 e. The summed E-state index contributed by atoms with van der Waals surface area (Å²) in [7, 11) is 0. The quantitative estimate of drug-likeness (QED) is 0.722. The van der Waals surface area contributed by atoms with Crippen molar-refractivity contribution in [1.29, 1.82) is 0 Å². The van der Waals surface area contributed by atoms with Gasteiger partial charge in [-0.1, -0.05) is 24.3 Å². The molecule has 0 bridgehead atoms. The predicted octanol–water partition coefficient (Wildman–Crippen LogP) is 2.68. The van der Waals surface area contributed by atoms with Crippen LogP contribution in [0.25, 0.3) is 11.4 Å². The summed E-state index contributed by atoms with van der Waals surface area (Å²) < 4.78 is 0. The van der Waals surface area contributed by atoms with Crippen LogP contribution in [0.1, 0.15) is 44.6 Å². The standard InChI is InChI=1S/C18H19N5O2/c1-10-7-5-6-8-14(10)18-20-22-23(21-18)9-15(25)17-11(2)16(13(4)24)12(3)19-17/h5-8,19H,9H2,1-4H3. The number of nitrogens with one attached hydrogen (secondary N) is 1. The Bertz CT molecular complexity index is 968. The fraction of sp³-hybridized carbons (Fsp3) is 0.278. The molecule has 0 amide bonds. The van der Waals surface area contributed by atoms with Crippen LogP contribution in [0.15, 0.2) is 24.3 Å². The van der Waals surface area contributed by atoms with E-state index in [1.165, 1.54) is 11.7 Å². The molecule has 1 aromatic carbocycles. The molecule has 128 valence electrons. The van der Waals surface area contributed by atoms with E-state index in [4.69, 9.17) is 0 Å². The number of carbonyl (C=O) groups is 2. The van der Waals surface area contributed by atoms with E-state index < -0.39 is 0 Å². The number of aryl methyl sites for hydroxylation is 2. The largest absolute Gasteiger partial charge is 0.355 e. The third-order valence-electron chi connectivity index (χ3n) is 4.19. The number of nitrogens with zero attached hydrogens (tertiary/aromatic N) is 4. The van der Waals surface area contributed by atoms with Gasteiger partial charge in [-0.05, 0) is 44.0 Å². The van der Waals surface area contributed by atoms with E-state index in [1.54, 1.807) is 13.8 Å². The van der Waals surface area contributed by atoms with E-state index in [0.717, 1.165) is 11.1 Å². The number of hydrogen-bond donors (Lipinski definition) is 1. The molecule has 0 aliphatic carbocycles. The Balaban J connectivity index is 1.85. The van der Waals surface area contributed by atoms with E-state index in [0.29, 0.717) is 28.3 Å². The molecule has 25 heavy (non-hydrogen) atoms. The van der Waals surface area contributed by atoms with Crippen LogP contribution in [-0.4, -0.2) is 36.8 Å². The fourth-order valence-corrected chi connectivity index (χ4v) is 3.01. The minimum absolute atomic E-state index is 0.0446. The first-order chi connectivity index (χ1) is 11.9. The maximum absolute atomic E-state index is 12.6. The van der Waals surface area contributed by atoms with Gasteiger partial charge in [0.25, 0.3) is 0 Å². The molecule has 0 radical (unpaired) electrons. The number of carbonyl (C=O) groups excluding carboxylic acids is 2. The summed E-state index contributed by atoms with van der Waals surface area (Å²) in [5.41, 5.74) is 4.25. The van der Waals surface area contributed by atoms with Gasteiger partial charge in [0.05, 0.1) is 5.69 Å². The zero-order valence-corrected chi connectivity index (χ0v) is 14.6. The molecule has 7 nitrogen and oxygen atoms in total. The minimum atomic E-state index is -0.193. The molecule has 0 saturated carbocycles. The number of ketones is 2. The van der Waals surface area contributed by atoms with Crippen LogP contribution in [0.4, 0.5) is 0 Å². The maximum atomic E-state index is 12.6. The lowest BCUT2D eigenvalue weighted by molar-refractivity contribution is 0.0956. The highest BCUT2D eigenvalue weighted by Gasteiger charge is 2.21. The Morgan fingerprint density at radius 2 is 1.88 bits per heavy atom. The average molecular weight is 337 g/mol. The second kappa shape index (κ2) is 6.43. The van der Waals surface area contributed by atoms with Gasteiger partial charge in [-0.3, -0.25) is 9.59 Å². The van der Waals surface area contributed by atoms with Crippen molar-refractivity contribution in [2.24, 2.45) is 0 Å². The Kier molecular flexibility index (Phi) is 4.31. The van der Waals surface area contributed by atoms with Crippen molar-refractivity contribution in [1.82, 2.24) is 25.2 Å². The van der Waals surface area contributed by atoms with Gasteiger partial charge < -0.3 is 4.98 Å². The zero-order valence-electron chi connectivity index (χ0n) is 14.6. The number of H-pyrrole nitrogens is 1. The second-order valence-electron chi connectivity index (χ2n) is 6.06. The Hall–Kier alpha value is -3.09. The highest BCUT2D eigenvalue weighted by molar-refractivity contribution is 6.03. The van der Waals surface area contributed by atoms with Crippen LogP contribution in [0.3, 0.4) is 0 Å². The normalized spacial score (nSPS) is 10.9. The first-order valence-electron chi connectivity index (χ1n) is 7.95. The van der Waals surface area contributed by atoms with Crippen LogP contribution in [0.5, 0.6) is 0 Å². The molecular weight excluding hydrogens is 318 g/mol. The van der Waals surface area contributed by atoms with Gasteiger partial charge >= 0.3 is 0 Å². The van der Waals surface area contributed by atoms with E-state index in [2.05, 4.69) is 20.4 Å². The summed E-state index contributed by atoms with van der Waals surface area (Å²) in [5, 5.41) is 12.3. The van der Waals surface area contributed by atoms with Crippen molar-refractivity contribution in [3.05, 3.63) is 52.3 Å². The van der Waals surface area contributed by atoms with Crippen LogP contribution >= 0.6 is 0 Å². The van der Waals surface area contributed by atoms with Gasteiger partial charge in [0, 0.05) is 16.8 Å². The van der Waals surface area contributed by atoms with Gasteiger partial charge in [0.15, 0.2) is 5.78 Å². The second-order valence-corrected chi connectivity index (χ2v) is 6.06. The first kappa shape index (κ1) is 16.8. The zero-order chi connectivity index (χ0) is 18.1. The van der Waals surface area contributed by atoms with Crippen LogP contribution < -0.4 is 0 Å². The van der Waals surface area contributed by atoms with Crippen molar-refractivity contribution in [2.45, 2.75) is 34.2 Å². The van der Waals surface area contributed by atoms with Gasteiger partial charge in [-0.2, -0.15) is 4.80 Å². The lowest BCUT2D eigenvalue weighted by Crippen LogP contribution is -2.14. The van der Waals surface area contributed by atoms with E-state index >= 15 is 0 Å². The van der Waals surface area contributed by atoms with Crippen LogP contribution in [0, 0.1) is 20.8 Å². The average Bonchev–Trinajstić information content (AvgIpc) is 3.12. The lowest BCUT2D eigenvalue weighted by Gasteiger charge is -2.00. The van der Waals surface area contributed by atoms with Crippen molar-refractivity contribution in [2.75, 3.05) is 0 Å². The number of aromatic amines is 1. The highest BCUT2D eigenvalue weighted by Crippen LogP contribution is 2.20. The summed E-state index contributed by atoms with van der Waals surface area (Å²) in [6.45, 7) is 6.96. The summed E-state index contributed by atoms with van der Waals surface area (Å²) in [6, 6.07) is 7.73. The molecule has 2 aromatic heterocycles. The lowest BCUT2D eigenvalue weighted by atomic mass is 10.1. The van der Waals surface area contributed by atoms with Crippen LogP contribution in [0.2, 0.25) is 0 Å². The summed E-state index contributed by atoms with van der Waals surface area (Å²) in [5.74, 6) is 0.225. The van der Waals surface area contributed by atoms with Crippen molar-refractivity contribution in [3.63, 3.8) is 0 Å². The molecule has 3 aromatic rings. The molecule has 0 spiro atoms. The van der Waals surface area contributed by atoms with E-state index in [-0.39, 0.29) is 18.1 Å². The third kappa shape index (κ3) is 3.13. The number of benzene rings is 1. The Morgan fingerprint density at radius 3 is 2.52 bits per heavy atom. The van der Waals surface area contributed by atoms with E-state index in [1.807, 2.05) is 31.2 Å². The predicted molar refractivity (Wildman–Crippen MR) is 92.6 cm³/mol. The molecule has 0 aliphatic heterocycles. The summed E-state index contributed by atoms with van der Waals surface area (Å²) >= 11 is 0. The number of rotatable bonds is 5. The molecule has 3 rings (SSSR count). The molecule has 0 aliphatic rings. The summed E-state index contributed by atoms with van der Waals surface area (Å²) in [6.07, 6.45) is 0. The molecule has 2 heterocycles. The van der Waals surface area contributed by atoms with E-state index in [9.17, 15) is 9.59 Å². The van der Waals surface area contributed by atoms with Gasteiger partial charge in [-0.25, -0.2) is 0 Å². The van der Waals surface area contributed by atoms with Crippen molar-refractivity contribution in [3.8, 4) is 11.4 Å². The molecule has 0 saturated heterocycles. The number of aromatic nitrogens is 5. The van der Waals surface area contributed by atoms with Gasteiger partial charge in [0.1, 0.15) is 6.54 Å². The van der Waals surface area contributed by atoms with Crippen molar-refractivity contribution < 1.29 is 9.59 Å². The number of tetrazole rings is 1. The molecule has 0 fully saturated rings.